The van der Waals surface area contributed by atoms with Crippen LogP contribution in [-0.2, 0) is 17.5 Å². The predicted octanol–water partition coefficient (Wildman–Crippen LogP) is 4.04. The predicted molar refractivity (Wildman–Crippen MR) is 72.5 cm³/mol. The molecule has 0 radical (unpaired) electrons. The number of nitrogens with one attached hydrogen (secondary N) is 1. The first-order chi connectivity index (χ1) is 9.90. The Balaban J connectivity index is 2.34. The zero-order valence-electron chi connectivity index (χ0n) is 10.9. The van der Waals surface area contributed by atoms with Crippen LogP contribution in [0, 0.1) is 0 Å². The lowest BCUT2D eigenvalue weighted by Gasteiger charge is -2.12. The molecule has 2 aromatic rings. The van der Waals surface area contributed by atoms with Gasteiger partial charge in [0.1, 0.15) is 11.0 Å². The van der Waals surface area contributed by atoms with E-state index in [4.69, 9.17) is 16.3 Å². The molecule has 21 heavy (non-hydrogen) atoms. The minimum absolute atomic E-state index is 0.0362. The number of methoxy groups -OCH3 is 1. The maximum Gasteiger partial charge on any atom is 0.451 e. The first kappa shape index (κ1) is 15.5. The van der Waals surface area contributed by atoms with Crippen LogP contribution >= 0.6 is 11.6 Å². The Bertz CT molecular complexity index is 634. The van der Waals surface area contributed by atoms with Crippen LogP contribution in [0.4, 0.5) is 24.7 Å². The summed E-state index contributed by atoms with van der Waals surface area (Å²) in [5.74, 6) is -1.33. The molecule has 0 amide bonds. The summed E-state index contributed by atoms with van der Waals surface area (Å²) in [5.41, 5.74) is 1.37. The van der Waals surface area contributed by atoms with E-state index in [1.165, 1.54) is 13.2 Å². The molecular weight excluding hydrogens is 307 g/mol. The van der Waals surface area contributed by atoms with Crippen molar-refractivity contribution in [2.24, 2.45) is 0 Å². The standard InChI is InChI=1S/C13H11ClF3N3O/c1-21-7-8-4-2-3-5-9(8)18-11-6-10(14)19-12(20-11)13(15,16)17/h2-6H,7H2,1H3,(H,18,19,20). The van der Waals surface area contributed by atoms with Gasteiger partial charge in [-0.3, -0.25) is 0 Å². The highest BCUT2D eigenvalue weighted by molar-refractivity contribution is 6.29. The fraction of sp³-hybridized carbons (Fsp3) is 0.231. The molecule has 0 aliphatic carbocycles. The number of hydrogen-bond donors (Lipinski definition) is 1. The Morgan fingerprint density at radius 3 is 2.62 bits per heavy atom. The van der Waals surface area contributed by atoms with Gasteiger partial charge in [0.2, 0.25) is 5.82 Å². The maximum absolute atomic E-state index is 12.7. The zero-order valence-corrected chi connectivity index (χ0v) is 11.7. The molecule has 0 unspecified atom stereocenters. The van der Waals surface area contributed by atoms with Crippen LogP contribution in [0.15, 0.2) is 30.3 Å². The molecule has 0 saturated carbocycles. The van der Waals surface area contributed by atoms with Crippen LogP contribution in [0.1, 0.15) is 11.4 Å². The van der Waals surface area contributed by atoms with Crippen molar-refractivity contribution in [2.45, 2.75) is 12.8 Å². The molecule has 0 fully saturated rings. The van der Waals surface area contributed by atoms with Gasteiger partial charge in [-0.25, -0.2) is 9.97 Å². The van der Waals surface area contributed by atoms with Gasteiger partial charge in [0.25, 0.3) is 0 Å². The zero-order chi connectivity index (χ0) is 15.5. The summed E-state index contributed by atoms with van der Waals surface area (Å²) in [6.07, 6.45) is -4.66. The summed E-state index contributed by atoms with van der Waals surface area (Å²) in [4.78, 5) is 6.60. The Hall–Kier alpha value is -1.86. The van der Waals surface area contributed by atoms with Crippen LogP contribution in [0.5, 0.6) is 0 Å². The number of aromatic nitrogens is 2. The number of nitrogens with zero attached hydrogens (tertiary/aromatic N) is 2. The van der Waals surface area contributed by atoms with E-state index in [0.717, 1.165) is 5.56 Å². The van der Waals surface area contributed by atoms with E-state index in [1.807, 2.05) is 0 Å². The second-order valence-corrected chi connectivity index (χ2v) is 4.50. The molecule has 4 nitrogen and oxygen atoms in total. The fourth-order valence-corrected chi connectivity index (χ4v) is 1.85. The molecule has 1 aromatic heterocycles. The molecular formula is C13H11ClF3N3O. The van der Waals surface area contributed by atoms with Crippen LogP contribution in [0.3, 0.4) is 0 Å². The Kier molecular flexibility index (Phi) is 4.64. The molecule has 0 spiro atoms. The third kappa shape index (κ3) is 4.05. The van der Waals surface area contributed by atoms with Crippen molar-refractivity contribution in [3.8, 4) is 0 Å². The molecule has 1 heterocycles. The number of anilines is 2. The minimum atomic E-state index is -4.66. The largest absolute Gasteiger partial charge is 0.451 e. The van der Waals surface area contributed by atoms with Gasteiger partial charge in [0.05, 0.1) is 6.61 Å². The summed E-state index contributed by atoms with van der Waals surface area (Å²) in [7, 11) is 1.53. The third-order valence-electron chi connectivity index (χ3n) is 2.53. The quantitative estimate of drug-likeness (QED) is 0.865. The highest BCUT2D eigenvalue weighted by Gasteiger charge is 2.35. The normalized spacial score (nSPS) is 11.5. The monoisotopic (exact) mass is 317 g/mol. The topological polar surface area (TPSA) is 47.0 Å². The number of alkyl halides is 3. The molecule has 0 aliphatic heterocycles. The van der Waals surface area contributed by atoms with Crippen molar-refractivity contribution in [2.75, 3.05) is 12.4 Å². The van der Waals surface area contributed by atoms with E-state index >= 15 is 0 Å². The number of benzene rings is 1. The third-order valence-corrected chi connectivity index (χ3v) is 2.72. The lowest BCUT2D eigenvalue weighted by molar-refractivity contribution is -0.144. The molecule has 112 valence electrons. The van der Waals surface area contributed by atoms with E-state index in [1.54, 1.807) is 24.3 Å². The van der Waals surface area contributed by atoms with E-state index in [9.17, 15) is 13.2 Å². The van der Waals surface area contributed by atoms with E-state index < -0.39 is 12.0 Å². The van der Waals surface area contributed by atoms with Gasteiger partial charge in [0, 0.05) is 24.4 Å². The van der Waals surface area contributed by atoms with Crippen LogP contribution in [0.25, 0.3) is 0 Å². The molecule has 2 rings (SSSR count). The van der Waals surface area contributed by atoms with E-state index in [-0.39, 0.29) is 11.0 Å². The van der Waals surface area contributed by atoms with Gasteiger partial charge in [0.15, 0.2) is 0 Å². The highest BCUT2D eigenvalue weighted by atomic mass is 35.5. The number of hydrogen-bond acceptors (Lipinski definition) is 4. The number of halogens is 4. The van der Waals surface area contributed by atoms with Gasteiger partial charge in [-0.05, 0) is 6.07 Å². The summed E-state index contributed by atoms with van der Waals surface area (Å²) >= 11 is 5.61. The number of rotatable bonds is 4. The summed E-state index contributed by atoms with van der Waals surface area (Å²) < 4.78 is 43.0. The summed E-state index contributed by atoms with van der Waals surface area (Å²) in [6.45, 7) is 0.314. The molecule has 0 saturated heterocycles. The Labute approximate surface area is 123 Å². The first-order valence-electron chi connectivity index (χ1n) is 5.86. The number of para-hydroxylation sites is 1. The van der Waals surface area contributed by atoms with Gasteiger partial charge in [-0.2, -0.15) is 13.2 Å². The average molecular weight is 318 g/mol. The second kappa shape index (κ2) is 6.28. The maximum atomic E-state index is 12.7. The van der Waals surface area contributed by atoms with Crippen molar-refractivity contribution in [1.29, 1.82) is 0 Å². The van der Waals surface area contributed by atoms with Crippen molar-refractivity contribution < 1.29 is 17.9 Å². The SMILES string of the molecule is COCc1ccccc1Nc1cc(Cl)nc(C(F)(F)F)n1. The van der Waals surface area contributed by atoms with E-state index in [2.05, 4.69) is 15.3 Å². The minimum Gasteiger partial charge on any atom is -0.380 e. The lowest BCUT2D eigenvalue weighted by atomic mass is 10.2. The average Bonchev–Trinajstić information content (AvgIpc) is 2.40. The van der Waals surface area contributed by atoms with Gasteiger partial charge in [-0.15, -0.1) is 0 Å². The van der Waals surface area contributed by atoms with Crippen molar-refractivity contribution in [3.63, 3.8) is 0 Å². The first-order valence-corrected chi connectivity index (χ1v) is 6.23. The molecule has 1 N–H and O–H groups in total. The Morgan fingerprint density at radius 2 is 1.95 bits per heavy atom. The Morgan fingerprint density at radius 1 is 1.24 bits per heavy atom. The van der Waals surface area contributed by atoms with Crippen LogP contribution < -0.4 is 5.32 Å². The van der Waals surface area contributed by atoms with E-state index in [0.29, 0.717) is 12.3 Å². The van der Waals surface area contributed by atoms with Gasteiger partial charge >= 0.3 is 6.18 Å². The molecule has 8 heteroatoms. The molecule has 0 atom stereocenters. The van der Waals surface area contributed by atoms with Crippen molar-refractivity contribution in [1.82, 2.24) is 9.97 Å². The smallest absolute Gasteiger partial charge is 0.380 e. The molecule has 1 aromatic carbocycles. The molecule has 0 aliphatic rings. The lowest BCUT2D eigenvalue weighted by Crippen LogP contribution is -2.12. The van der Waals surface area contributed by atoms with Gasteiger partial charge in [-0.1, -0.05) is 29.8 Å². The summed E-state index contributed by atoms with van der Waals surface area (Å²) in [6, 6.07) is 8.26. The van der Waals surface area contributed by atoms with Gasteiger partial charge < -0.3 is 10.1 Å². The summed E-state index contributed by atoms with van der Waals surface area (Å²) in [5, 5.41) is 2.51. The molecule has 0 bridgehead atoms. The fourth-order valence-electron chi connectivity index (χ4n) is 1.67. The van der Waals surface area contributed by atoms with Crippen molar-refractivity contribution >= 4 is 23.1 Å². The highest BCUT2D eigenvalue weighted by Crippen LogP contribution is 2.29. The van der Waals surface area contributed by atoms with Crippen LogP contribution in [-0.4, -0.2) is 17.1 Å². The van der Waals surface area contributed by atoms with Crippen molar-refractivity contribution in [3.05, 3.63) is 46.9 Å². The van der Waals surface area contributed by atoms with Crippen LogP contribution in [0.2, 0.25) is 5.15 Å². The second-order valence-electron chi connectivity index (χ2n) is 4.11. The number of ether oxygens (including phenoxy) is 1.